The van der Waals surface area contributed by atoms with Gasteiger partial charge in [-0.25, -0.2) is 4.79 Å². The second-order valence-corrected chi connectivity index (χ2v) is 5.91. The fourth-order valence-corrected chi connectivity index (χ4v) is 2.66. The molecule has 1 aromatic heterocycles. The van der Waals surface area contributed by atoms with E-state index in [1.165, 1.54) is 18.4 Å². The lowest BCUT2D eigenvalue weighted by molar-refractivity contribution is 0.242. The molecule has 0 saturated heterocycles. The molecule has 1 aliphatic carbocycles. The van der Waals surface area contributed by atoms with Crippen LogP contribution >= 0.6 is 0 Å². The molecular weight excluding hydrogens is 320 g/mol. The topological polar surface area (TPSA) is 89.3 Å². The van der Waals surface area contributed by atoms with Crippen LogP contribution in [0.4, 0.5) is 10.5 Å². The third-order valence-corrected chi connectivity index (χ3v) is 3.98. The zero-order valence-electron chi connectivity index (χ0n) is 14.2. The van der Waals surface area contributed by atoms with Crippen molar-refractivity contribution in [3.8, 4) is 5.75 Å². The van der Waals surface area contributed by atoms with Gasteiger partial charge in [-0.3, -0.25) is 0 Å². The Hall–Kier alpha value is -2.83. The van der Waals surface area contributed by atoms with Gasteiger partial charge in [-0.05, 0) is 49.9 Å². The fraction of sp³-hybridized carbons (Fsp3) is 0.389. The van der Waals surface area contributed by atoms with E-state index in [0.29, 0.717) is 23.2 Å². The summed E-state index contributed by atoms with van der Waals surface area (Å²) in [6, 6.07) is 6.81. The maximum Gasteiger partial charge on any atom is 0.318 e. The van der Waals surface area contributed by atoms with E-state index in [1.807, 2.05) is 0 Å². The van der Waals surface area contributed by atoms with Crippen LogP contribution in [0.1, 0.15) is 37.4 Å². The van der Waals surface area contributed by atoms with E-state index in [4.69, 9.17) is 9.26 Å². The summed E-state index contributed by atoms with van der Waals surface area (Å²) in [4.78, 5) is 15.6. The van der Waals surface area contributed by atoms with E-state index in [9.17, 15) is 4.79 Å². The molecule has 0 spiro atoms. The Kier molecular flexibility index (Phi) is 5.66. The molecule has 132 valence electrons. The minimum absolute atomic E-state index is 0.217. The van der Waals surface area contributed by atoms with Crippen molar-refractivity contribution in [2.75, 3.05) is 12.4 Å². The molecule has 0 saturated carbocycles. The lowest BCUT2D eigenvalue weighted by Gasteiger charge is -2.09. The molecular formula is C18H22N4O3. The van der Waals surface area contributed by atoms with Crippen molar-refractivity contribution >= 4 is 11.7 Å². The van der Waals surface area contributed by atoms with E-state index in [-0.39, 0.29) is 12.6 Å². The fourth-order valence-electron chi connectivity index (χ4n) is 2.66. The number of allylic oxidation sites excluding steroid dienone is 2. The summed E-state index contributed by atoms with van der Waals surface area (Å²) in [6.07, 6.45) is 7.81. The second kappa shape index (κ2) is 8.32. The van der Waals surface area contributed by atoms with Crippen LogP contribution < -0.4 is 15.4 Å². The first kappa shape index (κ1) is 17.0. The van der Waals surface area contributed by atoms with Crippen molar-refractivity contribution < 1.29 is 14.1 Å². The van der Waals surface area contributed by atoms with Gasteiger partial charge >= 0.3 is 6.03 Å². The SMILES string of the molecule is CNC(=O)Nc1ccc(OCc2nc(CC3=CCCCC3)no2)cc1. The van der Waals surface area contributed by atoms with Gasteiger partial charge in [-0.1, -0.05) is 16.8 Å². The lowest BCUT2D eigenvalue weighted by Crippen LogP contribution is -2.24. The number of benzene rings is 1. The quantitative estimate of drug-likeness (QED) is 0.785. The van der Waals surface area contributed by atoms with Gasteiger partial charge in [0.15, 0.2) is 12.4 Å². The van der Waals surface area contributed by atoms with Gasteiger partial charge in [0.1, 0.15) is 5.75 Å². The second-order valence-electron chi connectivity index (χ2n) is 5.91. The van der Waals surface area contributed by atoms with Crippen LogP contribution in [0.2, 0.25) is 0 Å². The number of hydrogen-bond donors (Lipinski definition) is 2. The first-order valence-corrected chi connectivity index (χ1v) is 8.44. The Morgan fingerprint density at radius 2 is 2.12 bits per heavy atom. The van der Waals surface area contributed by atoms with Crippen LogP contribution in [0.3, 0.4) is 0 Å². The predicted molar refractivity (Wildman–Crippen MR) is 93.4 cm³/mol. The highest BCUT2D eigenvalue weighted by atomic mass is 16.5. The van der Waals surface area contributed by atoms with E-state index < -0.39 is 0 Å². The van der Waals surface area contributed by atoms with Gasteiger partial charge in [-0.15, -0.1) is 0 Å². The van der Waals surface area contributed by atoms with Crippen molar-refractivity contribution in [3.63, 3.8) is 0 Å². The van der Waals surface area contributed by atoms with Gasteiger partial charge in [0.05, 0.1) is 0 Å². The number of nitrogens with zero attached hydrogens (tertiary/aromatic N) is 2. The van der Waals surface area contributed by atoms with E-state index >= 15 is 0 Å². The molecule has 1 heterocycles. The van der Waals surface area contributed by atoms with Crippen molar-refractivity contribution in [3.05, 3.63) is 47.6 Å². The number of carbonyl (C=O) groups excluding carboxylic acids is 1. The van der Waals surface area contributed by atoms with Gasteiger partial charge in [0.25, 0.3) is 5.89 Å². The van der Waals surface area contributed by atoms with E-state index in [0.717, 1.165) is 19.3 Å². The average molecular weight is 342 g/mol. The maximum absolute atomic E-state index is 11.2. The molecule has 1 aromatic carbocycles. The van der Waals surface area contributed by atoms with Crippen LogP contribution in [-0.2, 0) is 13.0 Å². The Morgan fingerprint density at radius 3 is 2.84 bits per heavy atom. The number of rotatable bonds is 6. The summed E-state index contributed by atoms with van der Waals surface area (Å²) < 4.78 is 10.9. The largest absolute Gasteiger partial charge is 0.484 e. The number of anilines is 1. The molecule has 0 atom stereocenters. The van der Waals surface area contributed by atoms with Crippen LogP contribution in [0.15, 0.2) is 40.4 Å². The average Bonchev–Trinajstić information content (AvgIpc) is 3.09. The van der Waals surface area contributed by atoms with Crippen LogP contribution in [-0.4, -0.2) is 23.2 Å². The Morgan fingerprint density at radius 1 is 1.28 bits per heavy atom. The molecule has 2 amide bonds. The summed E-state index contributed by atoms with van der Waals surface area (Å²) in [5, 5.41) is 9.19. The molecule has 3 rings (SSSR count). The number of carbonyl (C=O) groups is 1. The zero-order chi connectivity index (χ0) is 17.5. The third-order valence-electron chi connectivity index (χ3n) is 3.98. The predicted octanol–water partition coefficient (Wildman–Crippen LogP) is 3.44. The number of amides is 2. The van der Waals surface area contributed by atoms with Gasteiger partial charge in [0.2, 0.25) is 0 Å². The minimum Gasteiger partial charge on any atom is -0.484 e. The molecule has 7 nitrogen and oxygen atoms in total. The van der Waals surface area contributed by atoms with Crippen LogP contribution in [0.25, 0.3) is 0 Å². The summed E-state index contributed by atoms with van der Waals surface area (Å²) >= 11 is 0. The summed E-state index contributed by atoms with van der Waals surface area (Å²) in [6.45, 7) is 0.217. The highest BCUT2D eigenvalue weighted by Gasteiger charge is 2.11. The standard InChI is InChI=1S/C18H22N4O3/c1-19-18(23)20-14-7-9-15(10-8-14)24-12-17-21-16(22-25-17)11-13-5-3-2-4-6-13/h5,7-10H,2-4,6,11-12H2,1H3,(H2,19,20,23). The number of urea groups is 1. The van der Waals surface area contributed by atoms with E-state index in [2.05, 4.69) is 26.9 Å². The first-order valence-electron chi connectivity index (χ1n) is 8.44. The smallest absolute Gasteiger partial charge is 0.318 e. The summed E-state index contributed by atoms with van der Waals surface area (Å²) in [5.74, 6) is 1.83. The number of hydrogen-bond acceptors (Lipinski definition) is 5. The third kappa shape index (κ3) is 5.07. The minimum atomic E-state index is -0.264. The van der Waals surface area contributed by atoms with Gasteiger partial charge in [0, 0.05) is 19.2 Å². The number of nitrogens with one attached hydrogen (secondary N) is 2. The Balaban J connectivity index is 1.50. The van der Waals surface area contributed by atoms with Gasteiger partial charge < -0.3 is 19.9 Å². The van der Waals surface area contributed by atoms with Crippen molar-refractivity contribution in [1.29, 1.82) is 0 Å². The molecule has 0 fully saturated rings. The highest BCUT2D eigenvalue weighted by molar-refractivity contribution is 5.88. The molecule has 0 bridgehead atoms. The first-order chi connectivity index (χ1) is 12.2. The van der Waals surface area contributed by atoms with E-state index in [1.54, 1.807) is 31.3 Å². The molecule has 0 radical (unpaired) electrons. The van der Waals surface area contributed by atoms with Gasteiger partial charge in [-0.2, -0.15) is 4.98 Å². The molecule has 7 heteroatoms. The lowest BCUT2D eigenvalue weighted by atomic mass is 9.97. The summed E-state index contributed by atoms with van der Waals surface area (Å²) in [5.41, 5.74) is 2.08. The highest BCUT2D eigenvalue weighted by Crippen LogP contribution is 2.20. The van der Waals surface area contributed by atoms with Crippen molar-refractivity contribution in [2.24, 2.45) is 0 Å². The monoisotopic (exact) mass is 342 g/mol. The van der Waals surface area contributed by atoms with Crippen molar-refractivity contribution in [1.82, 2.24) is 15.5 Å². The maximum atomic E-state index is 11.2. The molecule has 1 aliphatic rings. The molecule has 25 heavy (non-hydrogen) atoms. The Bertz CT molecular complexity index is 737. The molecule has 0 unspecified atom stereocenters. The Labute approximate surface area is 146 Å². The summed E-state index contributed by atoms with van der Waals surface area (Å²) in [7, 11) is 1.57. The molecule has 2 N–H and O–H groups in total. The van der Waals surface area contributed by atoms with Crippen LogP contribution in [0, 0.1) is 0 Å². The number of aromatic nitrogens is 2. The molecule has 0 aliphatic heterocycles. The number of ether oxygens (including phenoxy) is 1. The molecule has 2 aromatic rings. The zero-order valence-corrected chi connectivity index (χ0v) is 14.2. The normalized spacial score (nSPS) is 13.9. The van der Waals surface area contributed by atoms with Crippen molar-refractivity contribution in [2.45, 2.75) is 38.7 Å². The van der Waals surface area contributed by atoms with Crippen LogP contribution in [0.5, 0.6) is 5.75 Å².